The fourth-order valence-electron chi connectivity index (χ4n) is 0.927. The fourth-order valence-corrected chi connectivity index (χ4v) is 1.53. The van der Waals surface area contributed by atoms with E-state index in [2.05, 4.69) is 4.72 Å². The Hall–Kier alpha value is -1.27. The number of methoxy groups -OCH3 is 1. The Bertz CT molecular complexity index is 429. The van der Waals surface area contributed by atoms with E-state index < -0.39 is 10.2 Å². The molecule has 1 aromatic rings. The highest BCUT2D eigenvalue weighted by Crippen LogP contribution is 2.17. The van der Waals surface area contributed by atoms with Crippen molar-refractivity contribution in [2.24, 2.45) is 0 Å². The van der Waals surface area contributed by atoms with Gasteiger partial charge in [0.25, 0.3) is 0 Å². The molecule has 0 saturated carbocycles. The van der Waals surface area contributed by atoms with E-state index >= 15 is 0 Å². The summed E-state index contributed by atoms with van der Waals surface area (Å²) in [5.74, 6) is 0.606. The number of anilines is 1. The molecular weight excluding hydrogens is 216 g/mol. The van der Waals surface area contributed by atoms with Crippen molar-refractivity contribution >= 4 is 15.9 Å². The zero-order valence-electron chi connectivity index (χ0n) is 8.89. The van der Waals surface area contributed by atoms with E-state index in [0.717, 1.165) is 4.31 Å². The van der Waals surface area contributed by atoms with Crippen molar-refractivity contribution in [1.82, 2.24) is 4.31 Å². The zero-order valence-corrected chi connectivity index (χ0v) is 9.71. The summed E-state index contributed by atoms with van der Waals surface area (Å²) in [6.45, 7) is 0. The fraction of sp³-hybridized carbons (Fsp3) is 0.333. The number of rotatable bonds is 4. The Kier molecular flexibility index (Phi) is 3.54. The van der Waals surface area contributed by atoms with Gasteiger partial charge in [0.1, 0.15) is 5.75 Å². The number of hydrogen-bond donors (Lipinski definition) is 1. The molecule has 0 saturated heterocycles. The van der Waals surface area contributed by atoms with Gasteiger partial charge in [0.05, 0.1) is 12.8 Å². The molecular formula is C9H14N2O3S. The first kappa shape index (κ1) is 11.8. The normalized spacial score (nSPS) is 11.5. The Morgan fingerprint density at radius 2 is 2.00 bits per heavy atom. The lowest BCUT2D eigenvalue weighted by molar-refractivity contribution is 0.415. The minimum Gasteiger partial charge on any atom is -0.497 e. The molecule has 0 atom stereocenters. The molecule has 0 aliphatic heterocycles. The van der Waals surface area contributed by atoms with Gasteiger partial charge in [-0.15, -0.1) is 0 Å². The minimum absolute atomic E-state index is 0.475. The van der Waals surface area contributed by atoms with Crippen molar-refractivity contribution in [2.75, 3.05) is 25.9 Å². The summed E-state index contributed by atoms with van der Waals surface area (Å²) in [6.07, 6.45) is 0. The standard InChI is InChI=1S/C9H14N2O3S/c1-11(2)15(12,13)10-8-5-4-6-9(7-8)14-3/h4-7,10H,1-3H3. The van der Waals surface area contributed by atoms with Crippen molar-refractivity contribution < 1.29 is 13.2 Å². The molecule has 0 aromatic heterocycles. The first-order valence-electron chi connectivity index (χ1n) is 4.30. The topological polar surface area (TPSA) is 58.6 Å². The van der Waals surface area contributed by atoms with E-state index in [4.69, 9.17) is 4.74 Å². The second-order valence-electron chi connectivity index (χ2n) is 3.12. The van der Waals surface area contributed by atoms with Crippen molar-refractivity contribution in [1.29, 1.82) is 0 Å². The highest BCUT2D eigenvalue weighted by Gasteiger charge is 2.12. The number of nitrogens with one attached hydrogen (secondary N) is 1. The Morgan fingerprint density at radius 3 is 2.53 bits per heavy atom. The molecule has 1 N–H and O–H groups in total. The first-order valence-corrected chi connectivity index (χ1v) is 5.74. The molecule has 5 nitrogen and oxygen atoms in total. The quantitative estimate of drug-likeness (QED) is 0.836. The van der Waals surface area contributed by atoms with Crippen molar-refractivity contribution in [3.63, 3.8) is 0 Å². The molecule has 0 heterocycles. The van der Waals surface area contributed by atoms with E-state index in [9.17, 15) is 8.42 Å². The van der Waals surface area contributed by atoms with Gasteiger partial charge >= 0.3 is 10.2 Å². The molecule has 0 radical (unpaired) electrons. The van der Waals surface area contributed by atoms with Gasteiger partial charge in [0.15, 0.2) is 0 Å². The highest BCUT2D eigenvalue weighted by atomic mass is 32.2. The molecule has 0 spiro atoms. The summed E-state index contributed by atoms with van der Waals surface area (Å²) in [6, 6.07) is 6.73. The summed E-state index contributed by atoms with van der Waals surface area (Å²) < 4.78 is 31.4. The summed E-state index contributed by atoms with van der Waals surface area (Å²) in [5, 5.41) is 0. The van der Waals surface area contributed by atoms with Crippen LogP contribution in [-0.2, 0) is 10.2 Å². The second-order valence-corrected chi connectivity index (χ2v) is 5.01. The highest BCUT2D eigenvalue weighted by molar-refractivity contribution is 7.90. The predicted octanol–water partition coefficient (Wildman–Crippen LogP) is 0.913. The Balaban J connectivity index is 2.90. The third kappa shape index (κ3) is 3.10. The largest absolute Gasteiger partial charge is 0.497 e. The maximum atomic E-state index is 11.5. The number of nitrogens with zero attached hydrogens (tertiary/aromatic N) is 1. The zero-order chi connectivity index (χ0) is 11.5. The molecule has 1 rings (SSSR count). The van der Waals surface area contributed by atoms with Gasteiger partial charge in [-0.1, -0.05) is 6.07 Å². The Labute approximate surface area is 89.8 Å². The van der Waals surface area contributed by atoms with Crippen LogP contribution >= 0.6 is 0 Å². The summed E-state index contributed by atoms with van der Waals surface area (Å²) in [7, 11) is 1.00. The SMILES string of the molecule is COc1cccc(NS(=O)(=O)N(C)C)c1. The summed E-state index contributed by atoms with van der Waals surface area (Å²) in [4.78, 5) is 0. The molecule has 1 aromatic carbocycles. The van der Waals surface area contributed by atoms with E-state index in [-0.39, 0.29) is 0 Å². The van der Waals surface area contributed by atoms with Gasteiger partial charge in [-0.2, -0.15) is 12.7 Å². The lowest BCUT2D eigenvalue weighted by atomic mass is 10.3. The van der Waals surface area contributed by atoms with Crippen LogP contribution in [0.3, 0.4) is 0 Å². The summed E-state index contributed by atoms with van der Waals surface area (Å²) >= 11 is 0. The van der Waals surface area contributed by atoms with Crippen molar-refractivity contribution in [2.45, 2.75) is 0 Å². The summed E-state index contributed by atoms with van der Waals surface area (Å²) in [5.41, 5.74) is 0.475. The van der Waals surface area contributed by atoms with Crippen LogP contribution in [0, 0.1) is 0 Å². The second kappa shape index (κ2) is 4.50. The van der Waals surface area contributed by atoms with E-state index in [1.807, 2.05) is 0 Å². The lowest BCUT2D eigenvalue weighted by Gasteiger charge is -2.13. The average molecular weight is 230 g/mol. The molecule has 0 fully saturated rings. The predicted molar refractivity (Wildman–Crippen MR) is 59.2 cm³/mol. The van der Waals surface area contributed by atoms with Gasteiger partial charge in [-0.25, -0.2) is 0 Å². The number of benzene rings is 1. The van der Waals surface area contributed by atoms with Crippen LogP contribution in [0.15, 0.2) is 24.3 Å². The van der Waals surface area contributed by atoms with Crippen LogP contribution in [0.2, 0.25) is 0 Å². The average Bonchev–Trinajstić information content (AvgIpc) is 2.17. The third-order valence-electron chi connectivity index (χ3n) is 1.80. The van der Waals surface area contributed by atoms with Crippen molar-refractivity contribution in [3.8, 4) is 5.75 Å². The van der Waals surface area contributed by atoms with E-state index in [1.54, 1.807) is 24.3 Å². The van der Waals surface area contributed by atoms with Crippen LogP contribution in [0.5, 0.6) is 5.75 Å². The lowest BCUT2D eigenvalue weighted by Crippen LogP contribution is -2.28. The molecule has 0 unspecified atom stereocenters. The van der Waals surface area contributed by atoms with Crippen LogP contribution in [0.25, 0.3) is 0 Å². The molecule has 6 heteroatoms. The smallest absolute Gasteiger partial charge is 0.301 e. The monoisotopic (exact) mass is 230 g/mol. The van der Waals surface area contributed by atoms with E-state index in [0.29, 0.717) is 11.4 Å². The van der Waals surface area contributed by atoms with Crippen LogP contribution in [0.4, 0.5) is 5.69 Å². The van der Waals surface area contributed by atoms with E-state index in [1.165, 1.54) is 21.2 Å². The molecule has 0 aliphatic rings. The molecule has 15 heavy (non-hydrogen) atoms. The molecule has 0 bridgehead atoms. The van der Waals surface area contributed by atoms with Crippen molar-refractivity contribution in [3.05, 3.63) is 24.3 Å². The molecule has 0 aliphatic carbocycles. The number of hydrogen-bond acceptors (Lipinski definition) is 3. The van der Waals surface area contributed by atoms with Gasteiger partial charge in [-0.3, -0.25) is 4.72 Å². The van der Waals surface area contributed by atoms with Gasteiger partial charge in [0.2, 0.25) is 0 Å². The molecule has 0 amide bonds. The maximum absolute atomic E-state index is 11.5. The Morgan fingerprint density at radius 1 is 1.33 bits per heavy atom. The van der Waals surface area contributed by atoms with Crippen LogP contribution < -0.4 is 9.46 Å². The number of ether oxygens (including phenoxy) is 1. The maximum Gasteiger partial charge on any atom is 0.301 e. The van der Waals surface area contributed by atoms with Gasteiger partial charge in [-0.05, 0) is 12.1 Å². The first-order chi connectivity index (χ1) is 6.95. The van der Waals surface area contributed by atoms with Gasteiger partial charge in [0, 0.05) is 20.2 Å². The molecule has 84 valence electrons. The van der Waals surface area contributed by atoms with Gasteiger partial charge < -0.3 is 4.74 Å². The van der Waals surface area contributed by atoms with Crippen LogP contribution in [-0.4, -0.2) is 33.9 Å². The third-order valence-corrected chi connectivity index (χ3v) is 3.25. The van der Waals surface area contributed by atoms with Crippen LogP contribution in [0.1, 0.15) is 0 Å². The minimum atomic E-state index is -3.45.